The molecule has 0 aromatic heterocycles. The van der Waals surface area contributed by atoms with Gasteiger partial charge in [-0.25, -0.2) is 0 Å². The molecule has 0 saturated carbocycles. The molecule has 96 valence electrons. The van der Waals surface area contributed by atoms with E-state index < -0.39 is 5.60 Å². The summed E-state index contributed by atoms with van der Waals surface area (Å²) < 4.78 is 5.21. The van der Waals surface area contributed by atoms with Gasteiger partial charge in [-0.05, 0) is 47.4 Å². The Balaban J connectivity index is 2.51. The molecule has 0 fully saturated rings. The zero-order valence-electron chi connectivity index (χ0n) is 11.4. The van der Waals surface area contributed by atoms with Crippen LogP contribution in [0.1, 0.15) is 26.3 Å². The Hall–Kier alpha value is -1.54. The standard InChI is InChI=1S/C16H20O2/c1-11(2)16(3,17)14-7-5-13-10-15(18-4)8-6-12(13)9-14/h5-11,17H,1-4H3/t16-/m1/s1. The first-order chi connectivity index (χ1) is 8.45. The fraction of sp³-hybridized carbons (Fsp3) is 0.375. The maximum atomic E-state index is 10.5. The molecule has 0 heterocycles. The highest BCUT2D eigenvalue weighted by Crippen LogP contribution is 2.31. The minimum absolute atomic E-state index is 0.174. The van der Waals surface area contributed by atoms with Crippen molar-refractivity contribution in [1.82, 2.24) is 0 Å². The van der Waals surface area contributed by atoms with Gasteiger partial charge in [-0.2, -0.15) is 0 Å². The van der Waals surface area contributed by atoms with Gasteiger partial charge in [0, 0.05) is 0 Å². The van der Waals surface area contributed by atoms with Crippen LogP contribution in [0.3, 0.4) is 0 Å². The van der Waals surface area contributed by atoms with Gasteiger partial charge >= 0.3 is 0 Å². The first kappa shape index (κ1) is 12.9. The minimum atomic E-state index is -0.798. The maximum absolute atomic E-state index is 10.5. The summed E-state index contributed by atoms with van der Waals surface area (Å²) in [5.74, 6) is 1.03. The van der Waals surface area contributed by atoms with E-state index in [0.29, 0.717) is 0 Å². The quantitative estimate of drug-likeness (QED) is 0.891. The van der Waals surface area contributed by atoms with E-state index in [1.54, 1.807) is 7.11 Å². The van der Waals surface area contributed by atoms with Crippen molar-refractivity contribution in [3.63, 3.8) is 0 Å². The van der Waals surface area contributed by atoms with Crippen LogP contribution in [0.2, 0.25) is 0 Å². The normalized spacial score (nSPS) is 14.8. The number of ether oxygens (including phenoxy) is 1. The molecule has 18 heavy (non-hydrogen) atoms. The molecule has 1 atom stereocenters. The van der Waals surface area contributed by atoms with Crippen molar-refractivity contribution in [2.24, 2.45) is 5.92 Å². The van der Waals surface area contributed by atoms with Crippen molar-refractivity contribution in [3.8, 4) is 5.75 Å². The summed E-state index contributed by atoms with van der Waals surface area (Å²) in [5.41, 5.74) is 0.156. The average Bonchev–Trinajstić information content (AvgIpc) is 2.37. The highest BCUT2D eigenvalue weighted by atomic mass is 16.5. The molecule has 2 heteroatoms. The van der Waals surface area contributed by atoms with E-state index in [4.69, 9.17) is 4.74 Å². The van der Waals surface area contributed by atoms with Crippen LogP contribution in [0.5, 0.6) is 5.75 Å². The van der Waals surface area contributed by atoms with Gasteiger partial charge in [-0.15, -0.1) is 0 Å². The summed E-state index contributed by atoms with van der Waals surface area (Å²) in [6, 6.07) is 12.0. The zero-order chi connectivity index (χ0) is 13.3. The van der Waals surface area contributed by atoms with Crippen molar-refractivity contribution in [1.29, 1.82) is 0 Å². The molecule has 2 aromatic rings. The third kappa shape index (κ3) is 2.21. The monoisotopic (exact) mass is 244 g/mol. The van der Waals surface area contributed by atoms with Crippen LogP contribution in [0.15, 0.2) is 36.4 Å². The molecule has 1 N–H and O–H groups in total. The number of hydrogen-bond acceptors (Lipinski definition) is 2. The Labute approximate surface area is 108 Å². The molecule has 2 rings (SSSR count). The molecule has 0 amide bonds. The van der Waals surface area contributed by atoms with Gasteiger partial charge in [0.2, 0.25) is 0 Å². The summed E-state index contributed by atoms with van der Waals surface area (Å²) >= 11 is 0. The lowest BCUT2D eigenvalue weighted by atomic mass is 9.84. The highest BCUT2D eigenvalue weighted by molar-refractivity contribution is 5.84. The van der Waals surface area contributed by atoms with Gasteiger partial charge in [-0.3, -0.25) is 0 Å². The van der Waals surface area contributed by atoms with Gasteiger partial charge in [0.25, 0.3) is 0 Å². The summed E-state index contributed by atoms with van der Waals surface area (Å²) in [7, 11) is 1.67. The summed E-state index contributed by atoms with van der Waals surface area (Å²) in [6.07, 6.45) is 0. The largest absolute Gasteiger partial charge is 0.497 e. The van der Waals surface area contributed by atoms with Crippen LogP contribution in [-0.4, -0.2) is 12.2 Å². The van der Waals surface area contributed by atoms with E-state index in [1.807, 2.05) is 51.1 Å². The molecule has 0 saturated heterocycles. The van der Waals surface area contributed by atoms with E-state index in [2.05, 4.69) is 6.07 Å². The topological polar surface area (TPSA) is 29.5 Å². The van der Waals surface area contributed by atoms with Gasteiger partial charge in [0.15, 0.2) is 0 Å². The van der Waals surface area contributed by atoms with Crippen molar-refractivity contribution in [2.75, 3.05) is 7.11 Å². The van der Waals surface area contributed by atoms with E-state index in [0.717, 1.165) is 22.1 Å². The van der Waals surface area contributed by atoms with Crippen molar-refractivity contribution in [2.45, 2.75) is 26.4 Å². The lowest BCUT2D eigenvalue weighted by Gasteiger charge is -2.28. The fourth-order valence-corrected chi connectivity index (χ4v) is 2.00. The molecule has 0 aliphatic carbocycles. The van der Waals surface area contributed by atoms with E-state index in [-0.39, 0.29) is 5.92 Å². The third-order valence-electron chi connectivity index (χ3n) is 3.76. The second-order valence-electron chi connectivity index (χ2n) is 5.23. The fourth-order valence-electron chi connectivity index (χ4n) is 2.00. The lowest BCUT2D eigenvalue weighted by Crippen LogP contribution is -2.27. The maximum Gasteiger partial charge on any atom is 0.119 e. The highest BCUT2D eigenvalue weighted by Gasteiger charge is 2.27. The molecule has 0 bridgehead atoms. The number of hydrogen-bond donors (Lipinski definition) is 1. The molecule has 0 aliphatic heterocycles. The van der Waals surface area contributed by atoms with Gasteiger partial charge in [0.1, 0.15) is 5.75 Å². The number of methoxy groups -OCH3 is 1. The second-order valence-corrected chi connectivity index (χ2v) is 5.23. The third-order valence-corrected chi connectivity index (χ3v) is 3.76. The van der Waals surface area contributed by atoms with Gasteiger partial charge in [0.05, 0.1) is 12.7 Å². The average molecular weight is 244 g/mol. The Morgan fingerprint density at radius 2 is 1.67 bits per heavy atom. The van der Waals surface area contributed by atoms with Crippen LogP contribution in [0.4, 0.5) is 0 Å². The minimum Gasteiger partial charge on any atom is -0.497 e. The van der Waals surface area contributed by atoms with Crippen molar-refractivity contribution in [3.05, 3.63) is 42.0 Å². The molecular weight excluding hydrogens is 224 g/mol. The zero-order valence-corrected chi connectivity index (χ0v) is 11.4. The molecular formula is C16H20O2. The van der Waals surface area contributed by atoms with E-state index >= 15 is 0 Å². The van der Waals surface area contributed by atoms with Crippen LogP contribution >= 0.6 is 0 Å². The van der Waals surface area contributed by atoms with Crippen LogP contribution in [0.25, 0.3) is 10.8 Å². The SMILES string of the molecule is COc1ccc2cc([C@](C)(O)C(C)C)ccc2c1. The van der Waals surface area contributed by atoms with Crippen LogP contribution in [0, 0.1) is 5.92 Å². The number of benzene rings is 2. The molecule has 2 aromatic carbocycles. The first-order valence-corrected chi connectivity index (χ1v) is 6.26. The predicted molar refractivity (Wildman–Crippen MR) is 74.9 cm³/mol. The van der Waals surface area contributed by atoms with Gasteiger partial charge in [-0.1, -0.05) is 32.0 Å². The molecule has 2 nitrogen and oxygen atoms in total. The van der Waals surface area contributed by atoms with Crippen LogP contribution in [-0.2, 0) is 5.60 Å². The predicted octanol–water partition coefficient (Wildman–Crippen LogP) is 3.71. The summed E-state index contributed by atoms with van der Waals surface area (Å²) in [4.78, 5) is 0. The smallest absolute Gasteiger partial charge is 0.119 e. The van der Waals surface area contributed by atoms with E-state index in [9.17, 15) is 5.11 Å². The Bertz CT molecular complexity index is 556. The van der Waals surface area contributed by atoms with E-state index in [1.165, 1.54) is 0 Å². The Morgan fingerprint density at radius 1 is 1.06 bits per heavy atom. The Morgan fingerprint density at radius 3 is 2.28 bits per heavy atom. The van der Waals surface area contributed by atoms with Crippen molar-refractivity contribution >= 4 is 10.8 Å². The number of fused-ring (bicyclic) bond motifs is 1. The summed E-state index contributed by atoms with van der Waals surface area (Å²) in [6.45, 7) is 5.92. The van der Waals surface area contributed by atoms with Crippen LogP contribution < -0.4 is 4.74 Å². The molecule has 0 unspecified atom stereocenters. The Kier molecular flexibility index (Phi) is 3.31. The number of rotatable bonds is 3. The molecule has 0 spiro atoms. The van der Waals surface area contributed by atoms with Gasteiger partial charge < -0.3 is 9.84 Å². The summed E-state index contributed by atoms with van der Waals surface area (Å²) in [5, 5.41) is 12.7. The lowest BCUT2D eigenvalue weighted by molar-refractivity contribution is 0.00918. The molecule has 0 radical (unpaired) electrons. The van der Waals surface area contributed by atoms with Crippen molar-refractivity contribution < 1.29 is 9.84 Å². The first-order valence-electron chi connectivity index (χ1n) is 6.26. The number of aliphatic hydroxyl groups is 1. The second kappa shape index (κ2) is 4.62. The molecule has 0 aliphatic rings.